The topological polar surface area (TPSA) is 154 Å². The summed E-state index contributed by atoms with van der Waals surface area (Å²) in [5, 5.41) is 18.2. The average molecular weight is 399 g/mol. The average Bonchev–Trinajstić information content (AvgIpc) is 2.46. The van der Waals surface area contributed by atoms with Gasteiger partial charge in [-0.3, -0.25) is 19.2 Å². The third-order valence-electron chi connectivity index (χ3n) is 2.33. The fourth-order valence-electron chi connectivity index (χ4n) is 1.51. The Balaban J connectivity index is 5.71. The van der Waals surface area contributed by atoms with Crippen LogP contribution in [0.25, 0.3) is 0 Å². The highest BCUT2D eigenvalue weighted by molar-refractivity contribution is 9.09. The number of ether oxygens (including phenoxy) is 3. The van der Waals surface area contributed by atoms with Gasteiger partial charge in [0.1, 0.15) is 5.33 Å². The highest BCUT2D eigenvalue weighted by atomic mass is 79.9. The second-order valence-electron chi connectivity index (χ2n) is 4.16. The van der Waals surface area contributed by atoms with Gasteiger partial charge in [-0.25, -0.2) is 4.79 Å². The van der Waals surface area contributed by atoms with Crippen LogP contribution in [0.15, 0.2) is 0 Å². The summed E-state index contributed by atoms with van der Waals surface area (Å²) >= 11 is 2.76. The normalized spacial score (nSPS) is 15.5. The molecule has 0 aromatic rings. The van der Waals surface area contributed by atoms with Gasteiger partial charge in [-0.2, -0.15) is 0 Å². The first-order valence-corrected chi connectivity index (χ1v) is 7.22. The fourth-order valence-corrected chi connectivity index (χ4v) is 1.64. The Labute approximate surface area is 138 Å². The maximum absolute atomic E-state index is 11.4. The molecular weight excluding hydrogens is 384 g/mol. The van der Waals surface area contributed by atoms with E-state index in [9.17, 15) is 29.1 Å². The summed E-state index contributed by atoms with van der Waals surface area (Å²) < 4.78 is 14.0. The number of hydrogen-bond donors (Lipinski definition) is 2. The largest absolute Gasteiger partial charge is 0.479 e. The number of aliphatic hydroxyl groups excluding tert-OH is 1. The lowest BCUT2D eigenvalue weighted by atomic mass is 10.0. The van der Waals surface area contributed by atoms with E-state index in [0.717, 1.165) is 13.8 Å². The maximum atomic E-state index is 11.4. The van der Waals surface area contributed by atoms with Crippen molar-refractivity contribution in [1.29, 1.82) is 0 Å². The zero-order valence-corrected chi connectivity index (χ0v) is 13.7. The predicted molar refractivity (Wildman–Crippen MR) is 74.5 cm³/mol. The standard InChI is InChI=1S/C12H15BrO10/c1-5(15)21-7(4-14)10(22-6(2)16)11(9(18)12(19)20)23-8(17)3-13/h4,7,9-11,18H,3H2,1-2H3,(H,19,20)/t7-,9-,10+,11+/m0/s1. The molecule has 0 aliphatic rings. The molecule has 0 rings (SSSR count). The number of carbonyl (C=O) groups is 5. The molecule has 0 aromatic heterocycles. The van der Waals surface area contributed by atoms with Gasteiger partial charge >= 0.3 is 23.9 Å². The van der Waals surface area contributed by atoms with E-state index in [1.165, 1.54) is 0 Å². The van der Waals surface area contributed by atoms with Gasteiger partial charge < -0.3 is 24.4 Å². The molecule has 0 fully saturated rings. The summed E-state index contributed by atoms with van der Waals surface area (Å²) in [6, 6.07) is 0. The molecular formula is C12H15BrO10. The van der Waals surface area contributed by atoms with E-state index >= 15 is 0 Å². The molecule has 0 unspecified atom stereocenters. The molecule has 0 saturated carbocycles. The summed E-state index contributed by atoms with van der Waals surface area (Å²) in [5.41, 5.74) is 0. The molecule has 0 aromatic carbocycles. The Kier molecular flexibility index (Phi) is 9.03. The van der Waals surface area contributed by atoms with Gasteiger partial charge in [-0.15, -0.1) is 0 Å². The van der Waals surface area contributed by atoms with E-state index in [-0.39, 0.29) is 11.6 Å². The lowest BCUT2D eigenvalue weighted by Gasteiger charge is -2.30. The summed E-state index contributed by atoms with van der Waals surface area (Å²) in [6.07, 6.45) is -7.88. The van der Waals surface area contributed by atoms with E-state index in [1.54, 1.807) is 0 Å². The molecule has 130 valence electrons. The van der Waals surface area contributed by atoms with Gasteiger partial charge in [-0.05, 0) is 0 Å². The van der Waals surface area contributed by atoms with E-state index in [2.05, 4.69) is 20.7 Å². The Morgan fingerprint density at radius 3 is 1.91 bits per heavy atom. The fraction of sp³-hybridized carbons (Fsp3) is 0.583. The van der Waals surface area contributed by atoms with Crippen molar-refractivity contribution in [2.24, 2.45) is 0 Å². The van der Waals surface area contributed by atoms with Crippen LogP contribution in [0.2, 0.25) is 0 Å². The molecule has 0 aliphatic carbocycles. The van der Waals surface area contributed by atoms with Crippen LogP contribution in [0.3, 0.4) is 0 Å². The second-order valence-corrected chi connectivity index (χ2v) is 4.72. The van der Waals surface area contributed by atoms with E-state index < -0.39 is 48.3 Å². The minimum Gasteiger partial charge on any atom is -0.479 e. The third kappa shape index (κ3) is 7.19. The number of aldehydes is 1. The van der Waals surface area contributed by atoms with Crippen molar-refractivity contribution in [2.75, 3.05) is 5.33 Å². The van der Waals surface area contributed by atoms with E-state index in [0.29, 0.717) is 0 Å². The van der Waals surface area contributed by atoms with Crippen molar-refractivity contribution in [2.45, 2.75) is 38.3 Å². The molecule has 0 amide bonds. The number of rotatable bonds is 9. The zero-order chi connectivity index (χ0) is 18.2. The lowest BCUT2D eigenvalue weighted by molar-refractivity contribution is -0.195. The monoisotopic (exact) mass is 398 g/mol. The number of carboxylic acid groups (broad SMARTS) is 1. The SMILES string of the molecule is CC(=O)O[C@@H]([C@H](OC(=O)CBr)[C@H](O)C(=O)O)[C@H](C=O)OC(C)=O. The number of alkyl halides is 1. The highest BCUT2D eigenvalue weighted by Gasteiger charge is 2.44. The van der Waals surface area contributed by atoms with Crippen molar-refractivity contribution in [3.63, 3.8) is 0 Å². The van der Waals surface area contributed by atoms with Crippen LogP contribution >= 0.6 is 15.9 Å². The van der Waals surface area contributed by atoms with Gasteiger partial charge in [0.15, 0.2) is 30.7 Å². The van der Waals surface area contributed by atoms with Gasteiger partial charge in [0.05, 0.1) is 0 Å². The molecule has 0 aliphatic heterocycles. The minimum absolute atomic E-state index is 0.0541. The van der Waals surface area contributed by atoms with Crippen LogP contribution in [0.1, 0.15) is 13.8 Å². The zero-order valence-electron chi connectivity index (χ0n) is 12.1. The van der Waals surface area contributed by atoms with Gasteiger partial charge in [-0.1, -0.05) is 15.9 Å². The third-order valence-corrected chi connectivity index (χ3v) is 2.78. The van der Waals surface area contributed by atoms with Crippen molar-refractivity contribution in [3.8, 4) is 0 Å². The summed E-state index contributed by atoms with van der Waals surface area (Å²) in [5.74, 6) is -4.72. The molecule has 4 atom stereocenters. The van der Waals surface area contributed by atoms with Crippen LogP contribution in [0.5, 0.6) is 0 Å². The van der Waals surface area contributed by atoms with Crippen LogP contribution in [-0.2, 0) is 38.2 Å². The molecule has 2 N–H and O–H groups in total. The van der Waals surface area contributed by atoms with Crippen LogP contribution < -0.4 is 0 Å². The number of carboxylic acids is 1. The minimum atomic E-state index is -2.33. The van der Waals surface area contributed by atoms with Crippen molar-refractivity contribution in [3.05, 3.63) is 0 Å². The summed E-state index contributed by atoms with van der Waals surface area (Å²) in [6.45, 7) is 1.88. The molecule has 0 saturated heterocycles. The number of aliphatic carboxylic acids is 1. The molecule has 0 radical (unpaired) electrons. The van der Waals surface area contributed by atoms with Gasteiger partial charge in [0, 0.05) is 13.8 Å². The predicted octanol–water partition coefficient (Wildman–Crippen LogP) is -1.20. The molecule has 0 bridgehead atoms. The lowest BCUT2D eigenvalue weighted by Crippen LogP contribution is -2.53. The Morgan fingerprint density at radius 1 is 1.04 bits per heavy atom. The van der Waals surface area contributed by atoms with Crippen molar-refractivity contribution < 1.29 is 48.4 Å². The number of aliphatic hydroxyl groups is 1. The Bertz CT molecular complexity index is 476. The van der Waals surface area contributed by atoms with E-state index in [1.807, 2.05) is 0 Å². The Hall–Kier alpha value is -2.01. The van der Waals surface area contributed by atoms with Crippen molar-refractivity contribution in [1.82, 2.24) is 0 Å². The molecule has 0 heterocycles. The van der Waals surface area contributed by atoms with Gasteiger partial charge in [0.2, 0.25) is 0 Å². The quantitative estimate of drug-likeness (QED) is 0.209. The highest BCUT2D eigenvalue weighted by Crippen LogP contribution is 2.17. The second kappa shape index (κ2) is 9.90. The first-order valence-electron chi connectivity index (χ1n) is 6.10. The number of carbonyl (C=O) groups excluding carboxylic acids is 4. The first kappa shape index (κ1) is 21.0. The molecule has 23 heavy (non-hydrogen) atoms. The van der Waals surface area contributed by atoms with Crippen LogP contribution in [-0.4, -0.2) is 70.1 Å². The molecule has 11 heteroatoms. The first-order chi connectivity index (χ1) is 10.6. The molecule has 0 spiro atoms. The Morgan fingerprint density at radius 2 is 1.57 bits per heavy atom. The summed E-state index contributed by atoms with van der Waals surface area (Å²) in [4.78, 5) is 55.5. The number of hydrogen-bond acceptors (Lipinski definition) is 9. The number of halogens is 1. The molecule has 10 nitrogen and oxygen atoms in total. The van der Waals surface area contributed by atoms with Crippen LogP contribution in [0.4, 0.5) is 0 Å². The van der Waals surface area contributed by atoms with Crippen molar-refractivity contribution >= 4 is 46.1 Å². The smallest absolute Gasteiger partial charge is 0.336 e. The van der Waals surface area contributed by atoms with Gasteiger partial charge in [0.25, 0.3) is 0 Å². The van der Waals surface area contributed by atoms with Crippen LogP contribution in [0, 0.1) is 0 Å². The maximum Gasteiger partial charge on any atom is 0.336 e. The number of esters is 3. The summed E-state index contributed by atoms with van der Waals surface area (Å²) in [7, 11) is 0. The van der Waals surface area contributed by atoms with E-state index in [4.69, 9.17) is 14.6 Å².